The lowest BCUT2D eigenvalue weighted by molar-refractivity contribution is 0.102. The lowest BCUT2D eigenvalue weighted by Gasteiger charge is -2.11. The fourth-order valence-electron chi connectivity index (χ4n) is 1.67. The number of benzene rings is 2. The first-order valence-electron chi connectivity index (χ1n) is 5.97. The number of nitrogens with one attached hydrogen (secondary N) is 1. The molecule has 2 aromatic rings. The first kappa shape index (κ1) is 14.8. The van der Waals surface area contributed by atoms with Gasteiger partial charge in [-0.3, -0.25) is 4.79 Å². The maximum Gasteiger partial charge on any atom is 0.258 e. The van der Waals surface area contributed by atoms with Crippen molar-refractivity contribution in [3.63, 3.8) is 0 Å². The summed E-state index contributed by atoms with van der Waals surface area (Å²) < 4.78 is 18.9. The number of carbonyl (C=O) groups is 1. The van der Waals surface area contributed by atoms with Crippen molar-refractivity contribution in [2.24, 2.45) is 0 Å². The van der Waals surface area contributed by atoms with Crippen LogP contribution in [0, 0.1) is 17.1 Å². The van der Waals surface area contributed by atoms with Gasteiger partial charge in [-0.15, -0.1) is 0 Å². The second-order valence-electron chi connectivity index (χ2n) is 4.02. The first-order valence-corrected chi connectivity index (χ1v) is 6.35. The molecule has 0 fully saturated rings. The molecule has 0 unspecified atom stereocenters. The molecule has 0 spiro atoms. The zero-order valence-electron chi connectivity index (χ0n) is 10.8. The Balaban J connectivity index is 2.22. The van der Waals surface area contributed by atoms with Crippen LogP contribution in [-0.4, -0.2) is 12.5 Å². The van der Waals surface area contributed by atoms with Gasteiger partial charge in [-0.1, -0.05) is 23.7 Å². The number of ether oxygens (including phenoxy) is 1. The molecule has 0 atom stereocenters. The Hall–Kier alpha value is -2.58. The van der Waals surface area contributed by atoms with Gasteiger partial charge in [0.05, 0.1) is 11.3 Å². The van der Waals surface area contributed by atoms with Crippen LogP contribution in [0.3, 0.4) is 0 Å². The van der Waals surface area contributed by atoms with E-state index in [1.165, 1.54) is 12.1 Å². The Bertz CT molecular complexity index is 713. The maximum atomic E-state index is 13.7. The summed E-state index contributed by atoms with van der Waals surface area (Å²) in [6.07, 6.45) is 0. The number of carbonyl (C=O) groups excluding carboxylic acids is 1. The summed E-state index contributed by atoms with van der Waals surface area (Å²) in [4.78, 5) is 12.1. The number of nitrogens with zero attached hydrogens (tertiary/aromatic N) is 1. The van der Waals surface area contributed by atoms with Gasteiger partial charge in [-0.2, -0.15) is 5.26 Å². The maximum absolute atomic E-state index is 13.7. The molecule has 0 heterocycles. The van der Waals surface area contributed by atoms with E-state index in [-0.39, 0.29) is 17.2 Å². The summed E-state index contributed by atoms with van der Waals surface area (Å²) in [6.45, 7) is -0.151. The van der Waals surface area contributed by atoms with Gasteiger partial charge in [-0.25, -0.2) is 4.39 Å². The molecular weight excluding hydrogens is 295 g/mol. The second kappa shape index (κ2) is 6.73. The highest BCUT2D eigenvalue weighted by molar-refractivity contribution is 6.30. The van der Waals surface area contributed by atoms with Crippen molar-refractivity contribution in [2.75, 3.05) is 11.9 Å². The molecule has 6 heteroatoms. The Morgan fingerprint density at radius 2 is 2.10 bits per heavy atom. The Morgan fingerprint density at radius 1 is 1.33 bits per heavy atom. The third-order valence-corrected chi connectivity index (χ3v) is 2.84. The molecule has 2 rings (SSSR count). The summed E-state index contributed by atoms with van der Waals surface area (Å²) in [7, 11) is 0. The number of halogens is 2. The SMILES string of the molecule is N#CCOc1ccccc1NC(=O)c1ccc(Cl)cc1F. The number of hydrogen-bond donors (Lipinski definition) is 1. The van der Waals surface area contributed by atoms with Crippen LogP contribution in [0.5, 0.6) is 5.75 Å². The number of anilines is 1. The van der Waals surface area contributed by atoms with Crippen LogP contribution in [0.1, 0.15) is 10.4 Å². The standard InChI is InChI=1S/C15H10ClFN2O2/c16-10-5-6-11(12(17)9-10)15(20)19-13-3-1-2-4-14(13)21-8-7-18/h1-6,9H,8H2,(H,19,20). The van der Waals surface area contributed by atoms with E-state index in [4.69, 9.17) is 21.6 Å². The third-order valence-electron chi connectivity index (χ3n) is 2.60. The van der Waals surface area contributed by atoms with Gasteiger partial charge in [0, 0.05) is 5.02 Å². The Morgan fingerprint density at radius 3 is 2.81 bits per heavy atom. The van der Waals surface area contributed by atoms with Crippen LogP contribution < -0.4 is 10.1 Å². The van der Waals surface area contributed by atoms with Crippen molar-refractivity contribution in [1.82, 2.24) is 0 Å². The minimum atomic E-state index is -0.713. The predicted octanol–water partition coefficient (Wildman–Crippen LogP) is 3.63. The van der Waals surface area contributed by atoms with Gasteiger partial charge in [-0.05, 0) is 30.3 Å². The van der Waals surface area contributed by atoms with Crippen molar-refractivity contribution in [3.8, 4) is 11.8 Å². The zero-order chi connectivity index (χ0) is 15.2. The summed E-state index contributed by atoms with van der Waals surface area (Å²) >= 11 is 5.64. The molecule has 0 radical (unpaired) electrons. The van der Waals surface area contributed by atoms with E-state index < -0.39 is 11.7 Å². The number of rotatable bonds is 4. The summed E-state index contributed by atoms with van der Waals surface area (Å²) in [5.74, 6) is -1.01. The van der Waals surface area contributed by atoms with Crippen LogP contribution in [0.15, 0.2) is 42.5 Å². The molecule has 1 amide bonds. The molecule has 4 nitrogen and oxygen atoms in total. The topological polar surface area (TPSA) is 62.1 Å². The first-order chi connectivity index (χ1) is 10.1. The molecule has 21 heavy (non-hydrogen) atoms. The average molecular weight is 305 g/mol. The molecule has 0 aliphatic heterocycles. The normalized spacial score (nSPS) is 9.76. The monoisotopic (exact) mass is 304 g/mol. The molecule has 0 aliphatic rings. The van der Waals surface area contributed by atoms with Crippen molar-refractivity contribution >= 4 is 23.2 Å². The van der Waals surface area contributed by atoms with Crippen LogP contribution in [-0.2, 0) is 0 Å². The van der Waals surface area contributed by atoms with E-state index in [1.807, 2.05) is 6.07 Å². The minimum absolute atomic E-state index is 0.130. The van der Waals surface area contributed by atoms with Gasteiger partial charge < -0.3 is 10.1 Å². The molecule has 1 N–H and O–H groups in total. The zero-order valence-corrected chi connectivity index (χ0v) is 11.5. The summed E-state index contributed by atoms with van der Waals surface area (Å²) in [6, 6.07) is 12.2. The molecule has 0 aliphatic carbocycles. The lowest BCUT2D eigenvalue weighted by atomic mass is 10.2. The van der Waals surface area contributed by atoms with Crippen LogP contribution in [0.4, 0.5) is 10.1 Å². The second-order valence-corrected chi connectivity index (χ2v) is 4.46. The van der Waals surface area contributed by atoms with Crippen molar-refractivity contribution in [3.05, 3.63) is 58.9 Å². The van der Waals surface area contributed by atoms with Crippen molar-refractivity contribution in [1.29, 1.82) is 5.26 Å². The van der Waals surface area contributed by atoms with Gasteiger partial charge in [0.1, 0.15) is 17.6 Å². The molecule has 0 saturated heterocycles. The van der Waals surface area contributed by atoms with E-state index in [0.717, 1.165) is 6.07 Å². The van der Waals surface area contributed by atoms with Gasteiger partial charge in [0.15, 0.2) is 6.61 Å². The van der Waals surface area contributed by atoms with E-state index in [0.29, 0.717) is 11.4 Å². The molecule has 0 aromatic heterocycles. The average Bonchev–Trinajstić information content (AvgIpc) is 2.46. The van der Waals surface area contributed by atoms with Crippen LogP contribution >= 0.6 is 11.6 Å². The number of amides is 1. The van der Waals surface area contributed by atoms with E-state index in [1.54, 1.807) is 24.3 Å². The van der Waals surface area contributed by atoms with Crippen LogP contribution in [0.2, 0.25) is 5.02 Å². The number of nitriles is 1. The fraction of sp³-hybridized carbons (Fsp3) is 0.0667. The molecule has 106 valence electrons. The fourth-order valence-corrected chi connectivity index (χ4v) is 1.83. The Labute approximate surface area is 125 Å². The highest BCUT2D eigenvalue weighted by Gasteiger charge is 2.14. The Kier molecular flexibility index (Phi) is 4.75. The third kappa shape index (κ3) is 3.71. The van der Waals surface area contributed by atoms with Gasteiger partial charge in [0.2, 0.25) is 0 Å². The molecule has 0 bridgehead atoms. The van der Waals surface area contributed by atoms with E-state index >= 15 is 0 Å². The highest BCUT2D eigenvalue weighted by Crippen LogP contribution is 2.25. The summed E-state index contributed by atoms with van der Waals surface area (Å²) in [5.41, 5.74) is 0.224. The summed E-state index contributed by atoms with van der Waals surface area (Å²) in [5, 5.41) is 11.3. The van der Waals surface area contributed by atoms with Gasteiger partial charge >= 0.3 is 0 Å². The van der Waals surface area contributed by atoms with E-state index in [2.05, 4.69) is 5.32 Å². The van der Waals surface area contributed by atoms with Gasteiger partial charge in [0.25, 0.3) is 5.91 Å². The van der Waals surface area contributed by atoms with Crippen LogP contribution in [0.25, 0.3) is 0 Å². The quantitative estimate of drug-likeness (QED) is 0.938. The smallest absolute Gasteiger partial charge is 0.258 e. The highest BCUT2D eigenvalue weighted by atomic mass is 35.5. The molecule has 0 saturated carbocycles. The molecular formula is C15H10ClFN2O2. The minimum Gasteiger partial charge on any atom is -0.477 e. The number of hydrogen-bond acceptors (Lipinski definition) is 3. The number of para-hydroxylation sites is 2. The predicted molar refractivity (Wildman–Crippen MR) is 76.9 cm³/mol. The largest absolute Gasteiger partial charge is 0.477 e. The molecule has 2 aromatic carbocycles. The lowest BCUT2D eigenvalue weighted by Crippen LogP contribution is -2.14. The van der Waals surface area contributed by atoms with Crippen molar-refractivity contribution < 1.29 is 13.9 Å². The van der Waals surface area contributed by atoms with Crippen molar-refractivity contribution in [2.45, 2.75) is 0 Å². The van der Waals surface area contributed by atoms with E-state index in [9.17, 15) is 9.18 Å².